The molecule has 0 bridgehead atoms. The van der Waals surface area contributed by atoms with Gasteiger partial charge in [0.2, 0.25) is 0 Å². The Morgan fingerprint density at radius 2 is 2.42 bits per heavy atom. The molecule has 12 heavy (non-hydrogen) atoms. The van der Waals surface area contributed by atoms with Gasteiger partial charge in [-0.3, -0.25) is 4.79 Å². The number of aromatic amines is 1. The SMILES string of the molecule is O=c1[nH]cc(CO)c2ccoc12. The molecule has 0 saturated carbocycles. The largest absolute Gasteiger partial charge is 0.459 e. The van der Waals surface area contributed by atoms with Crippen LogP contribution < -0.4 is 5.56 Å². The van der Waals surface area contributed by atoms with Crippen molar-refractivity contribution in [2.45, 2.75) is 6.61 Å². The Morgan fingerprint density at radius 1 is 1.58 bits per heavy atom. The van der Waals surface area contributed by atoms with Crippen LogP contribution in [0.4, 0.5) is 0 Å². The van der Waals surface area contributed by atoms with Gasteiger partial charge in [-0.2, -0.15) is 0 Å². The summed E-state index contributed by atoms with van der Waals surface area (Å²) >= 11 is 0. The minimum atomic E-state index is -0.271. The molecule has 4 nitrogen and oxygen atoms in total. The van der Waals surface area contributed by atoms with E-state index in [9.17, 15) is 4.79 Å². The van der Waals surface area contributed by atoms with Gasteiger partial charge in [-0.25, -0.2) is 0 Å². The topological polar surface area (TPSA) is 66.2 Å². The molecule has 0 radical (unpaired) electrons. The summed E-state index contributed by atoms with van der Waals surface area (Å²) in [5.74, 6) is 0. The highest BCUT2D eigenvalue weighted by molar-refractivity contribution is 5.79. The third kappa shape index (κ3) is 0.853. The van der Waals surface area contributed by atoms with Gasteiger partial charge in [0.05, 0.1) is 12.9 Å². The van der Waals surface area contributed by atoms with Crippen LogP contribution in [0.5, 0.6) is 0 Å². The molecule has 0 saturated heterocycles. The van der Waals surface area contributed by atoms with E-state index < -0.39 is 0 Å². The second kappa shape index (κ2) is 2.49. The maximum Gasteiger partial charge on any atom is 0.291 e. The van der Waals surface area contributed by atoms with Crippen molar-refractivity contribution < 1.29 is 9.52 Å². The molecule has 0 aliphatic rings. The molecule has 0 aliphatic carbocycles. The number of aliphatic hydroxyl groups excluding tert-OH is 1. The number of aliphatic hydroxyl groups is 1. The van der Waals surface area contributed by atoms with Crippen LogP contribution in [0.25, 0.3) is 11.0 Å². The summed E-state index contributed by atoms with van der Waals surface area (Å²) in [5, 5.41) is 9.55. The van der Waals surface area contributed by atoms with Gasteiger partial charge >= 0.3 is 0 Å². The quantitative estimate of drug-likeness (QED) is 0.650. The summed E-state index contributed by atoms with van der Waals surface area (Å²) in [6, 6.07) is 1.66. The Bertz CT molecular complexity index is 455. The van der Waals surface area contributed by atoms with E-state index in [1.807, 2.05) is 0 Å². The molecule has 0 spiro atoms. The van der Waals surface area contributed by atoms with Crippen molar-refractivity contribution in [2.75, 3.05) is 0 Å². The number of furan rings is 1. The molecule has 2 aromatic heterocycles. The average molecular weight is 165 g/mol. The highest BCUT2D eigenvalue weighted by Gasteiger charge is 2.05. The lowest BCUT2D eigenvalue weighted by Crippen LogP contribution is -2.05. The molecule has 0 aromatic carbocycles. The predicted molar refractivity (Wildman–Crippen MR) is 42.8 cm³/mol. The first-order valence-corrected chi connectivity index (χ1v) is 3.51. The molecule has 2 rings (SSSR count). The minimum absolute atomic E-state index is 0.104. The van der Waals surface area contributed by atoms with Crippen LogP contribution >= 0.6 is 0 Å². The first kappa shape index (κ1) is 7.12. The molecule has 0 atom stereocenters. The van der Waals surface area contributed by atoms with Crippen LogP contribution in [-0.4, -0.2) is 10.1 Å². The lowest BCUT2D eigenvalue weighted by molar-refractivity contribution is 0.283. The zero-order valence-corrected chi connectivity index (χ0v) is 6.20. The average Bonchev–Trinajstić information content (AvgIpc) is 2.54. The molecule has 0 aliphatic heterocycles. The lowest BCUT2D eigenvalue weighted by atomic mass is 10.2. The van der Waals surface area contributed by atoms with Crippen molar-refractivity contribution in [3.63, 3.8) is 0 Å². The number of fused-ring (bicyclic) bond motifs is 1. The van der Waals surface area contributed by atoms with E-state index in [4.69, 9.17) is 9.52 Å². The number of hydrogen-bond donors (Lipinski definition) is 2. The molecule has 0 fully saturated rings. The maximum absolute atomic E-state index is 11.1. The van der Waals surface area contributed by atoms with Crippen molar-refractivity contribution in [3.05, 3.63) is 34.4 Å². The van der Waals surface area contributed by atoms with Crippen LogP contribution in [0, 0.1) is 0 Å². The summed E-state index contributed by atoms with van der Waals surface area (Å²) in [6.45, 7) is -0.104. The summed E-state index contributed by atoms with van der Waals surface area (Å²) in [7, 11) is 0. The van der Waals surface area contributed by atoms with E-state index in [1.165, 1.54) is 12.5 Å². The zero-order chi connectivity index (χ0) is 8.55. The van der Waals surface area contributed by atoms with Gasteiger partial charge in [-0.15, -0.1) is 0 Å². The van der Waals surface area contributed by atoms with E-state index in [2.05, 4.69) is 4.98 Å². The minimum Gasteiger partial charge on any atom is -0.459 e. The summed E-state index contributed by atoms with van der Waals surface area (Å²) in [5.41, 5.74) is 0.659. The number of hydrogen-bond acceptors (Lipinski definition) is 3. The highest BCUT2D eigenvalue weighted by atomic mass is 16.3. The maximum atomic E-state index is 11.1. The van der Waals surface area contributed by atoms with E-state index in [0.717, 1.165) is 0 Å². The van der Waals surface area contributed by atoms with Crippen molar-refractivity contribution in [2.24, 2.45) is 0 Å². The molecule has 0 amide bonds. The van der Waals surface area contributed by atoms with Crippen molar-refractivity contribution in [1.82, 2.24) is 4.98 Å². The van der Waals surface area contributed by atoms with Gasteiger partial charge in [0, 0.05) is 17.1 Å². The van der Waals surface area contributed by atoms with Gasteiger partial charge < -0.3 is 14.5 Å². The van der Waals surface area contributed by atoms with Gasteiger partial charge in [-0.1, -0.05) is 0 Å². The number of aromatic nitrogens is 1. The fourth-order valence-electron chi connectivity index (χ4n) is 1.16. The Kier molecular flexibility index (Phi) is 1.48. The molecule has 2 heterocycles. The van der Waals surface area contributed by atoms with Crippen LogP contribution in [0.3, 0.4) is 0 Å². The zero-order valence-electron chi connectivity index (χ0n) is 6.20. The Labute approximate surface area is 67.4 Å². The predicted octanol–water partition coefficient (Wildman–Crippen LogP) is 0.613. The Balaban J connectivity index is 2.92. The van der Waals surface area contributed by atoms with Crippen molar-refractivity contribution in [1.29, 1.82) is 0 Å². The Hall–Kier alpha value is -1.55. The standard InChI is InChI=1S/C8H7NO3/c10-4-5-3-9-8(11)7-6(5)1-2-12-7/h1-3,10H,4H2,(H,9,11). The van der Waals surface area contributed by atoms with Crippen LogP contribution in [0.2, 0.25) is 0 Å². The van der Waals surface area contributed by atoms with E-state index in [0.29, 0.717) is 10.9 Å². The summed E-state index contributed by atoms with van der Waals surface area (Å²) in [4.78, 5) is 13.5. The third-order valence-corrected chi connectivity index (χ3v) is 1.77. The molecule has 2 N–H and O–H groups in total. The molecular formula is C8H7NO3. The van der Waals surface area contributed by atoms with Crippen molar-refractivity contribution in [3.8, 4) is 0 Å². The summed E-state index contributed by atoms with van der Waals surface area (Å²) in [6.07, 6.45) is 2.92. The monoisotopic (exact) mass is 165 g/mol. The highest BCUT2D eigenvalue weighted by Crippen LogP contribution is 2.14. The normalized spacial score (nSPS) is 10.8. The Morgan fingerprint density at radius 3 is 3.17 bits per heavy atom. The first-order valence-electron chi connectivity index (χ1n) is 3.51. The van der Waals surface area contributed by atoms with E-state index >= 15 is 0 Å². The van der Waals surface area contributed by atoms with Gasteiger partial charge in [0.15, 0.2) is 5.58 Å². The smallest absolute Gasteiger partial charge is 0.291 e. The number of pyridine rings is 1. The second-order valence-corrected chi connectivity index (χ2v) is 2.46. The molecule has 4 heteroatoms. The van der Waals surface area contributed by atoms with Gasteiger partial charge in [0.25, 0.3) is 5.56 Å². The lowest BCUT2D eigenvalue weighted by Gasteiger charge is -1.94. The van der Waals surface area contributed by atoms with E-state index in [1.54, 1.807) is 6.07 Å². The molecular weight excluding hydrogens is 158 g/mol. The van der Waals surface area contributed by atoms with Crippen LogP contribution in [-0.2, 0) is 6.61 Å². The number of nitrogens with one attached hydrogen (secondary N) is 1. The van der Waals surface area contributed by atoms with Crippen molar-refractivity contribution >= 4 is 11.0 Å². The second-order valence-electron chi connectivity index (χ2n) is 2.46. The number of H-pyrrole nitrogens is 1. The third-order valence-electron chi connectivity index (χ3n) is 1.77. The molecule has 0 unspecified atom stereocenters. The van der Waals surface area contributed by atoms with Crippen LogP contribution in [0.1, 0.15) is 5.56 Å². The fourth-order valence-corrected chi connectivity index (χ4v) is 1.16. The van der Waals surface area contributed by atoms with E-state index in [-0.39, 0.29) is 17.7 Å². The number of rotatable bonds is 1. The first-order chi connectivity index (χ1) is 5.83. The van der Waals surface area contributed by atoms with Gasteiger partial charge in [0.1, 0.15) is 0 Å². The van der Waals surface area contributed by atoms with Gasteiger partial charge in [-0.05, 0) is 6.07 Å². The molecule has 2 aromatic rings. The summed E-state index contributed by atoms with van der Waals surface area (Å²) < 4.78 is 4.94. The fraction of sp³-hybridized carbons (Fsp3) is 0.125. The van der Waals surface area contributed by atoms with Crippen LogP contribution in [0.15, 0.2) is 27.7 Å². The molecule has 62 valence electrons.